The maximum Gasteiger partial charge on any atom is 0.261 e. The Labute approximate surface area is 105 Å². The van der Waals surface area contributed by atoms with E-state index in [1.165, 1.54) is 0 Å². The molecule has 1 amide bonds. The first-order valence-corrected chi connectivity index (χ1v) is 5.75. The van der Waals surface area contributed by atoms with Gasteiger partial charge in [-0.3, -0.25) is 4.79 Å². The van der Waals surface area contributed by atoms with E-state index in [1.54, 1.807) is 7.11 Å². The van der Waals surface area contributed by atoms with Crippen molar-refractivity contribution < 1.29 is 23.0 Å². The molecular formula is C10H18ClF2NO3. The van der Waals surface area contributed by atoms with E-state index in [0.29, 0.717) is 19.6 Å². The van der Waals surface area contributed by atoms with Crippen molar-refractivity contribution in [1.82, 2.24) is 5.32 Å². The molecule has 0 saturated heterocycles. The van der Waals surface area contributed by atoms with Gasteiger partial charge in [0.05, 0.1) is 18.6 Å². The largest absolute Gasteiger partial charge is 0.383 e. The van der Waals surface area contributed by atoms with Crippen molar-refractivity contribution in [2.75, 3.05) is 33.5 Å². The number of alkyl halides is 3. The molecule has 4 nitrogen and oxygen atoms in total. The number of ether oxygens (including phenoxy) is 2. The standard InChI is InChI=1S/C10H18ClF2NO3/c1-16-6-8(11)2-4-14-10(15)3-5-17-7-9(12)13/h8-9H,2-7H2,1H3,(H,14,15). The van der Waals surface area contributed by atoms with Crippen LogP contribution in [0.25, 0.3) is 0 Å². The van der Waals surface area contributed by atoms with E-state index >= 15 is 0 Å². The Morgan fingerprint density at radius 3 is 2.71 bits per heavy atom. The van der Waals surface area contributed by atoms with Crippen LogP contribution in [0.5, 0.6) is 0 Å². The van der Waals surface area contributed by atoms with Crippen molar-refractivity contribution in [1.29, 1.82) is 0 Å². The molecule has 0 radical (unpaired) electrons. The van der Waals surface area contributed by atoms with Crippen LogP contribution in [-0.2, 0) is 14.3 Å². The van der Waals surface area contributed by atoms with Crippen LogP contribution in [0, 0.1) is 0 Å². The zero-order valence-electron chi connectivity index (χ0n) is 9.76. The third kappa shape index (κ3) is 11.8. The van der Waals surface area contributed by atoms with E-state index in [0.717, 1.165) is 0 Å². The van der Waals surface area contributed by atoms with Gasteiger partial charge in [-0.1, -0.05) is 0 Å². The highest BCUT2D eigenvalue weighted by molar-refractivity contribution is 6.20. The average Bonchev–Trinajstić information content (AvgIpc) is 2.24. The summed E-state index contributed by atoms with van der Waals surface area (Å²) >= 11 is 5.84. The number of carbonyl (C=O) groups excluding carboxylic acids is 1. The fourth-order valence-electron chi connectivity index (χ4n) is 1.06. The summed E-state index contributed by atoms with van der Waals surface area (Å²) in [6.45, 7) is 0.226. The van der Waals surface area contributed by atoms with Crippen molar-refractivity contribution >= 4 is 17.5 Å². The van der Waals surface area contributed by atoms with E-state index in [2.05, 4.69) is 10.1 Å². The number of hydrogen-bond acceptors (Lipinski definition) is 3. The first kappa shape index (κ1) is 16.5. The number of methoxy groups -OCH3 is 1. The van der Waals surface area contributed by atoms with Crippen LogP contribution in [0.1, 0.15) is 12.8 Å². The molecule has 7 heteroatoms. The minimum atomic E-state index is -2.50. The summed E-state index contributed by atoms with van der Waals surface area (Å²) in [6.07, 6.45) is -1.83. The summed E-state index contributed by atoms with van der Waals surface area (Å²) in [5, 5.41) is 2.47. The summed E-state index contributed by atoms with van der Waals surface area (Å²) in [6, 6.07) is 0. The van der Waals surface area contributed by atoms with Crippen molar-refractivity contribution in [2.24, 2.45) is 0 Å². The Morgan fingerprint density at radius 1 is 1.41 bits per heavy atom. The molecule has 102 valence electrons. The van der Waals surface area contributed by atoms with Crippen molar-refractivity contribution in [3.8, 4) is 0 Å². The van der Waals surface area contributed by atoms with E-state index in [-0.39, 0.29) is 24.3 Å². The number of halogens is 3. The van der Waals surface area contributed by atoms with Gasteiger partial charge >= 0.3 is 0 Å². The Balaban J connectivity index is 3.34. The molecule has 0 aliphatic carbocycles. The van der Waals surface area contributed by atoms with Gasteiger partial charge in [-0.2, -0.15) is 0 Å². The Morgan fingerprint density at radius 2 is 2.12 bits per heavy atom. The van der Waals surface area contributed by atoms with Crippen LogP contribution in [-0.4, -0.2) is 51.2 Å². The summed E-state index contributed by atoms with van der Waals surface area (Å²) < 4.78 is 32.7. The fraction of sp³-hybridized carbons (Fsp3) is 0.900. The van der Waals surface area contributed by atoms with E-state index < -0.39 is 13.0 Å². The zero-order valence-corrected chi connectivity index (χ0v) is 10.5. The van der Waals surface area contributed by atoms with Crippen LogP contribution in [0.3, 0.4) is 0 Å². The van der Waals surface area contributed by atoms with Gasteiger partial charge in [0.1, 0.15) is 6.61 Å². The van der Waals surface area contributed by atoms with Crippen LogP contribution in [0.2, 0.25) is 0 Å². The predicted octanol–water partition coefficient (Wildman–Crippen LogP) is 1.42. The Hall–Kier alpha value is -0.460. The monoisotopic (exact) mass is 273 g/mol. The molecule has 0 saturated carbocycles. The third-order valence-corrected chi connectivity index (χ3v) is 2.19. The second kappa shape index (κ2) is 10.7. The molecule has 0 spiro atoms. The molecule has 0 aromatic carbocycles. The quantitative estimate of drug-likeness (QED) is 0.484. The number of hydrogen-bond donors (Lipinski definition) is 1. The highest BCUT2D eigenvalue weighted by Gasteiger charge is 2.06. The third-order valence-electron chi connectivity index (χ3n) is 1.84. The fourth-order valence-corrected chi connectivity index (χ4v) is 1.29. The van der Waals surface area contributed by atoms with Crippen LogP contribution < -0.4 is 5.32 Å². The van der Waals surface area contributed by atoms with Gasteiger partial charge < -0.3 is 14.8 Å². The van der Waals surface area contributed by atoms with Gasteiger partial charge in [0.25, 0.3) is 6.43 Å². The van der Waals surface area contributed by atoms with E-state index in [1.807, 2.05) is 0 Å². The molecule has 1 N–H and O–H groups in total. The topological polar surface area (TPSA) is 47.6 Å². The van der Waals surface area contributed by atoms with Gasteiger partial charge in [0.15, 0.2) is 0 Å². The molecule has 0 aliphatic rings. The van der Waals surface area contributed by atoms with Gasteiger partial charge in [-0.15, -0.1) is 11.6 Å². The first-order valence-electron chi connectivity index (χ1n) is 5.31. The minimum absolute atomic E-state index is 0.00144. The molecule has 0 rings (SSSR count). The molecule has 0 aliphatic heterocycles. The van der Waals surface area contributed by atoms with E-state index in [4.69, 9.17) is 16.3 Å². The van der Waals surface area contributed by atoms with Crippen LogP contribution in [0.15, 0.2) is 0 Å². The second-order valence-electron chi connectivity index (χ2n) is 3.41. The van der Waals surface area contributed by atoms with Crippen molar-refractivity contribution in [3.63, 3.8) is 0 Å². The lowest BCUT2D eigenvalue weighted by molar-refractivity contribution is -0.122. The van der Waals surface area contributed by atoms with Gasteiger partial charge in [0, 0.05) is 20.1 Å². The molecule has 0 fully saturated rings. The lowest BCUT2D eigenvalue weighted by atomic mass is 10.3. The molecule has 1 atom stereocenters. The van der Waals surface area contributed by atoms with Crippen LogP contribution >= 0.6 is 11.6 Å². The molecule has 1 unspecified atom stereocenters. The number of rotatable bonds is 10. The highest BCUT2D eigenvalue weighted by Crippen LogP contribution is 2.00. The van der Waals surface area contributed by atoms with Gasteiger partial charge in [0.2, 0.25) is 5.91 Å². The average molecular weight is 274 g/mol. The molecule has 0 aromatic rings. The van der Waals surface area contributed by atoms with Gasteiger partial charge in [-0.25, -0.2) is 8.78 Å². The second-order valence-corrected chi connectivity index (χ2v) is 4.02. The lowest BCUT2D eigenvalue weighted by Crippen LogP contribution is -2.28. The molecule has 17 heavy (non-hydrogen) atoms. The Bertz CT molecular complexity index is 208. The SMILES string of the molecule is COCC(Cl)CCNC(=O)CCOCC(F)F. The molecule has 0 aromatic heterocycles. The van der Waals surface area contributed by atoms with Gasteiger partial charge in [-0.05, 0) is 6.42 Å². The molecule has 0 bridgehead atoms. The highest BCUT2D eigenvalue weighted by atomic mass is 35.5. The summed E-state index contributed by atoms with van der Waals surface area (Å²) in [4.78, 5) is 11.2. The molecular weight excluding hydrogens is 256 g/mol. The lowest BCUT2D eigenvalue weighted by Gasteiger charge is -2.09. The normalized spacial score (nSPS) is 12.8. The zero-order chi connectivity index (χ0) is 13.1. The minimum Gasteiger partial charge on any atom is -0.383 e. The predicted molar refractivity (Wildman–Crippen MR) is 60.6 cm³/mol. The van der Waals surface area contributed by atoms with Crippen molar-refractivity contribution in [3.05, 3.63) is 0 Å². The summed E-state index contributed by atoms with van der Waals surface area (Å²) in [5.74, 6) is -0.236. The maximum atomic E-state index is 11.7. The van der Waals surface area contributed by atoms with Crippen molar-refractivity contribution in [2.45, 2.75) is 24.6 Å². The molecule has 0 heterocycles. The number of amides is 1. The van der Waals surface area contributed by atoms with E-state index in [9.17, 15) is 13.6 Å². The first-order chi connectivity index (χ1) is 8.06. The smallest absolute Gasteiger partial charge is 0.261 e. The number of nitrogens with one attached hydrogen (secondary N) is 1. The Kier molecular flexibility index (Phi) is 10.4. The summed E-state index contributed by atoms with van der Waals surface area (Å²) in [7, 11) is 1.55. The summed E-state index contributed by atoms with van der Waals surface area (Å²) in [5.41, 5.74) is 0. The number of carbonyl (C=O) groups is 1. The maximum absolute atomic E-state index is 11.7. The van der Waals surface area contributed by atoms with Crippen LogP contribution in [0.4, 0.5) is 8.78 Å².